The Morgan fingerprint density at radius 1 is 1.30 bits per heavy atom. The van der Waals surface area contributed by atoms with E-state index >= 15 is 0 Å². The van der Waals surface area contributed by atoms with Crippen LogP contribution in [0.3, 0.4) is 0 Å². The summed E-state index contributed by atoms with van der Waals surface area (Å²) >= 11 is 0. The third kappa shape index (κ3) is 3.68. The maximum Gasteiger partial charge on any atom is 0.238 e. The van der Waals surface area contributed by atoms with Crippen molar-refractivity contribution in [2.75, 3.05) is 18.9 Å². The van der Waals surface area contributed by atoms with Gasteiger partial charge >= 0.3 is 0 Å². The summed E-state index contributed by atoms with van der Waals surface area (Å²) in [5.41, 5.74) is 3.03. The molecule has 0 unspecified atom stereocenters. The Morgan fingerprint density at radius 2 is 2.00 bits per heavy atom. The van der Waals surface area contributed by atoms with Gasteiger partial charge in [0.2, 0.25) is 5.91 Å². The number of aromatic nitrogens is 1. The fraction of sp³-hybridized carbons (Fsp3) is 0.333. The van der Waals surface area contributed by atoms with E-state index in [0.29, 0.717) is 13.1 Å². The summed E-state index contributed by atoms with van der Waals surface area (Å²) in [6.45, 7) is 4.83. The first-order valence-corrected chi connectivity index (χ1v) is 6.50. The molecule has 0 aliphatic heterocycles. The lowest BCUT2D eigenvalue weighted by molar-refractivity contribution is -0.117. The summed E-state index contributed by atoms with van der Waals surface area (Å²) in [7, 11) is 1.87. The second-order valence-electron chi connectivity index (χ2n) is 4.97. The second kappa shape index (κ2) is 6.34. The van der Waals surface area contributed by atoms with Crippen LogP contribution in [0.5, 0.6) is 0 Å². The zero-order chi connectivity index (χ0) is 14.5. The quantitative estimate of drug-likeness (QED) is 0.908. The van der Waals surface area contributed by atoms with Crippen molar-refractivity contribution in [1.82, 2.24) is 10.1 Å². The first-order valence-electron chi connectivity index (χ1n) is 6.50. The highest BCUT2D eigenvalue weighted by atomic mass is 16.5. The normalized spacial score (nSPS) is 10.8. The minimum absolute atomic E-state index is 0.0376. The zero-order valence-electron chi connectivity index (χ0n) is 12.0. The number of benzene rings is 1. The maximum atomic E-state index is 12.1. The molecule has 2 rings (SSSR count). The van der Waals surface area contributed by atoms with Crippen LogP contribution in [0.1, 0.15) is 16.9 Å². The Bertz CT molecular complexity index is 559. The standard InChI is InChI=1S/C15H19N3O2/c1-11-5-4-6-12(2)15(11)17-14(19)10-18(3)9-13-7-8-16-20-13/h4-8H,9-10H2,1-3H3,(H,17,19). The number of nitrogens with one attached hydrogen (secondary N) is 1. The molecule has 1 aromatic heterocycles. The van der Waals surface area contributed by atoms with Crippen molar-refractivity contribution in [3.8, 4) is 0 Å². The van der Waals surface area contributed by atoms with Gasteiger partial charge < -0.3 is 9.84 Å². The molecule has 0 spiro atoms. The smallest absolute Gasteiger partial charge is 0.238 e. The van der Waals surface area contributed by atoms with Crippen molar-refractivity contribution in [2.45, 2.75) is 20.4 Å². The zero-order valence-corrected chi connectivity index (χ0v) is 12.0. The predicted octanol–water partition coefficient (Wildman–Crippen LogP) is 2.36. The highest BCUT2D eigenvalue weighted by Crippen LogP contribution is 2.19. The molecule has 0 aliphatic rings. The van der Waals surface area contributed by atoms with Crippen LogP contribution in [-0.2, 0) is 11.3 Å². The summed E-state index contributed by atoms with van der Waals surface area (Å²) in [6, 6.07) is 7.75. The lowest BCUT2D eigenvalue weighted by Gasteiger charge is -2.16. The van der Waals surface area contributed by atoms with Crippen LogP contribution in [-0.4, -0.2) is 29.6 Å². The van der Waals surface area contributed by atoms with E-state index in [4.69, 9.17) is 4.52 Å². The second-order valence-corrected chi connectivity index (χ2v) is 4.97. The van der Waals surface area contributed by atoms with E-state index in [1.54, 1.807) is 12.3 Å². The molecule has 0 atom stereocenters. The van der Waals surface area contributed by atoms with Gasteiger partial charge in [0.25, 0.3) is 0 Å². The number of likely N-dealkylation sites (N-methyl/N-ethyl adjacent to an activating group) is 1. The largest absolute Gasteiger partial charge is 0.360 e. The molecule has 20 heavy (non-hydrogen) atoms. The molecule has 5 nitrogen and oxygen atoms in total. The topological polar surface area (TPSA) is 58.4 Å². The number of carbonyl (C=O) groups is 1. The average Bonchev–Trinajstić information content (AvgIpc) is 2.86. The van der Waals surface area contributed by atoms with Crippen LogP contribution in [0, 0.1) is 13.8 Å². The van der Waals surface area contributed by atoms with Crippen LogP contribution in [0.25, 0.3) is 0 Å². The molecular weight excluding hydrogens is 254 g/mol. The van der Waals surface area contributed by atoms with E-state index in [-0.39, 0.29) is 5.91 Å². The molecule has 0 bridgehead atoms. The molecule has 5 heteroatoms. The minimum atomic E-state index is -0.0376. The van der Waals surface area contributed by atoms with Crippen LogP contribution < -0.4 is 5.32 Å². The van der Waals surface area contributed by atoms with Gasteiger partial charge in [0, 0.05) is 11.8 Å². The summed E-state index contributed by atoms with van der Waals surface area (Å²) in [5, 5.41) is 6.61. The fourth-order valence-electron chi connectivity index (χ4n) is 2.08. The van der Waals surface area contributed by atoms with Gasteiger partial charge in [0.15, 0.2) is 5.76 Å². The number of rotatable bonds is 5. The highest BCUT2D eigenvalue weighted by molar-refractivity contribution is 5.93. The van der Waals surface area contributed by atoms with Gasteiger partial charge in [-0.2, -0.15) is 0 Å². The number of para-hydroxylation sites is 1. The van der Waals surface area contributed by atoms with Gasteiger partial charge in [-0.3, -0.25) is 9.69 Å². The van der Waals surface area contributed by atoms with Gasteiger partial charge in [-0.15, -0.1) is 0 Å². The number of anilines is 1. The molecule has 0 saturated carbocycles. The van der Waals surface area contributed by atoms with E-state index in [2.05, 4.69) is 10.5 Å². The summed E-state index contributed by atoms with van der Waals surface area (Å²) in [4.78, 5) is 13.9. The molecule has 0 aliphatic carbocycles. The highest BCUT2D eigenvalue weighted by Gasteiger charge is 2.11. The number of hydrogen-bond donors (Lipinski definition) is 1. The molecule has 106 valence electrons. The van der Waals surface area contributed by atoms with Crippen molar-refractivity contribution in [3.63, 3.8) is 0 Å². The van der Waals surface area contributed by atoms with Crippen LogP contribution in [0.15, 0.2) is 35.0 Å². The van der Waals surface area contributed by atoms with Crippen LogP contribution in [0.2, 0.25) is 0 Å². The van der Waals surface area contributed by atoms with E-state index < -0.39 is 0 Å². The lowest BCUT2D eigenvalue weighted by atomic mass is 10.1. The fourth-order valence-corrected chi connectivity index (χ4v) is 2.08. The van der Waals surface area contributed by atoms with Gasteiger partial charge in [-0.25, -0.2) is 0 Å². The molecule has 1 amide bonds. The molecule has 0 radical (unpaired) electrons. The molecule has 1 aromatic carbocycles. The Labute approximate surface area is 118 Å². The third-order valence-electron chi connectivity index (χ3n) is 3.08. The molecule has 0 fully saturated rings. The molecular formula is C15H19N3O2. The predicted molar refractivity (Wildman–Crippen MR) is 77.4 cm³/mol. The molecule has 2 aromatic rings. The first kappa shape index (κ1) is 14.3. The van der Waals surface area contributed by atoms with Crippen molar-refractivity contribution in [1.29, 1.82) is 0 Å². The van der Waals surface area contributed by atoms with E-state index in [0.717, 1.165) is 22.6 Å². The van der Waals surface area contributed by atoms with Crippen molar-refractivity contribution in [2.24, 2.45) is 0 Å². The van der Waals surface area contributed by atoms with E-state index in [9.17, 15) is 4.79 Å². The van der Waals surface area contributed by atoms with Crippen LogP contribution >= 0.6 is 0 Å². The van der Waals surface area contributed by atoms with Crippen LogP contribution in [0.4, 0.5) is 5.69 Å². The maximum absolute atomic E-state index is 12.1. The molecule has 0 saturated heterocycles. The third-order valence-corrected chi connectivity index (χ3v) is 3.08. The van der Waals surface area contributed by atoms with Crippen molar-refractivity contribution in [3.05, 3.63) is 47.3 Å². The van der Waals surface area contributed by atoms with E-state index in [1.807, 2.05) is 44.0 Å². The lowest BCUT2D eigenvalue weighted by Crippen LogP contribution is -2.30. The first-order chi connectivity index (χ1) is 9.56. The van der Waals surface area contributed by atoms with E-state index in [1.165, 1.54) is 0 Å². The SMILES string of the molecule is Cc1cccc(C)c1NC(=O)CN(C)Cc1ccno1. The number of amides is 1. The monoisotopic (exact) mass is 273 g/mol. The Balaban J connectivity index is 1.92. The number of hydrogen-bond acceptors (Lipinski definition) is 4. The Hall–Kier alpha value is -2.14. The minimum Gasteiger partial charge on any atom is -0.360 e. The van der Waals surface area contributed by atoms with Gasteiger partial charge in [-0.05, 0) is 32.0 Å². The summed E-state index contributed by atoms with van der Waals surface area (Å²) in [5.74, 6) is 0.705. The van der Waals surface area contributed by atoms with Crippen molar-refractivity contribution < 1.29 is 9.32 Å². The number of nitrogens with zero attached hydrogens (tertiary/aromatic N) is 2. The number of carbonyl (C=O) groups excluding carboxylic acids is 1. The van der Waals surface area contributed by atoms with Crippen molar-refractivity contribution >= 4 is 11.6 Å². The average molecular weight is 273 g/mol. The summed E-state index contributed by atoms with van der Waals surface area (Å²) < 4.78 is 5.02. The molecule has 1 heterocycles. The van der Waals surface area contributed by atoms with Gasteiger partial charge in [-0.1, -0.05) is 23.4 Å². The number of aryl methyl sites for hydroxylation is 2. The molecule has 1 N–H and O–H groups in total. The van der Waals surface area contributed by atoms with Gasteiger partial charge in [0.1, 0.15) is 0 Å². The Kier molecular flexibility index (Phi) is 4.53. The Morgan fingerprint density at radius 3 is 2.60 bits per heavy atom. The summed E-state index contributed by atoms with van der Waals surface area (Å²) in [6.07, 6.45) is 1.60. The van der Waals surface area contributed by atoms with Gasteiger partial charge in [0.05, 0.1) is 19.3 Å².